The Morgan fingerprint density at radius 2 is 2.00 bits per heavy atom. The van der Waals surface area contributed by atoms with Crippen molar-refractivity contribution in [1.29, 1.82) is 0 Å². The fourth-order valence-electron chi connectivity index (χ4n) is 2.52. The third kappa shape index (κ3) is 2.67. The summed E-state index contributed by atoms with van der Waals surface area (Å²) in [5.74, 6) is 1.23. The summed E-state index contributed by atoms with van der Waals surface area (Å²) in [6, 6.07) is 3.27. The molecule has 1 aliphatic rings. The van der Waals surface area contributed by atoms with E-state index in [1.807, 2.05) is 6.92 Å². The molecule has 118 valence electrons. The van der Waals surface area contributed by atoms with Crippen molar-refractivity contribution in [1.82, 2.24) is 9.29 Å². The van der Waals surface area contributed by atoms with Crippen molar-refractivity contribution >= 4 is 44.3 Å². The number of thioether (sulfide) groups is 1. The quantitative estimate of drug-likeness (QED) is 0.893. The van der Waals surface area contributed by atoms with Gasteiger partial charge in [0.2, 0.25) is 10.0 Å². The molecule has 0 aliphatic carbocycles. The second kappa shape index (κ2) is 5.88. The van der Waals surface area contributed by atoms with Gasteiger partial charge >= 0.3 is 0 Å². The number of fused-ring (bicyclic) bond motifs is 1. The summed E-state index contributed by atoms with van der Waals surface area (Å²) in [7, 11) is -3.75. The number of aryl methyl sites for hydroxylation is 1. The van der Waals surface area contributed by atoms with Crippen molar-refractivity contribution in [2.45, 2.75) is 11.8 Å². The molecular weight excluding hydrogens is 344 g/mol. The van der Waals surface area contributed by atoms with Crippen molar-refractivity contribution in [3.63, 3.8) is 0 Å². The van der Waals surface area contributed by atoms with Crippen LogP contribution in [-0.2, 0) is 10.0 Å². The second-order valence-electron chi connectivity index (χ2n) is 5.11. The molecule has 22 heavy (non-hydrogen) atoms. The van der Waals surface area contributed by atoms with Gasteiger partial charge in [-0.1, -0.05) is 11.6 Å². The maximum atomic E-state index is 12.7. The molecule has 1 aromatic heterocycles. The molecule has 1 aromatic carbocycles. The Balaban J connectivity index is 2.17. The number of hydrogen-bond acceptors (Lipinski definition) is 5. The highest BCUT2D eigenvalue weighted by Crippen LogP contribution is 2.35. The Bertz CT molecular complexity index is 834. The van der Waals surface area contributed by atoms with Gasteiger partial charge < -0.3 is 5.11 Å². The summed E-state index contributed by atoms with van der Waals surface area (Å²) in [5.41, 5.74) is 1.34. The third-order valence-electron chi connectivity index (χ3n) is 3.65. The molecule has 1 saturated heterocycles. The number of halogens is 1. The zero-order valence-electron chi connectivity index (χ0n) is 11.9. The van der Waals surface area contributed by atoms with Crippen LogP contribution in [0.3, 0.4) is 0 Å². The van der Waals surface area contributed by atoms with E-state index in [1.165, 1.54) is 16.6 Å². The summed E-state index contributed by atoms with van der Waals surface area (Å²) in [5, 5.41) is 11.2. The Kier molecular flexibility index (Phi) is 4.24. The lowest BCUT2D eigenvalue weighted by Crippen LogP contribution is -2.37. The van der Waals surface area contributed by atoms with Gasteiger partial charge in [0.05, 0.1) is 11.7 Å². The summed E-state index contributed by atoms with van der Waals surface area (Å²) >= 11 is 7.73. The molecular formula is C14H15ClN2O3S2. The van der Waals surface area contributed by atoms with Crippen molar-refractivity contribution in [3.8, 4) is 5.75 Å². The maximum Gasteiger partial charge on any atom is 0.248 e. The molecule has 2 heterocycles. The van der Waals surface area contributed by atoms with Crippen molar-refractivity contribution in [3.05, 3.63) is 28.9 Å². The van der Waals surface area contributed by atoms with Gasteiger partial charge in [-0.25, -0.2) is 8.42 Å². The van der Waals surface area contributed by atoms with E-state index in [0.29, 0.717) is 29.0 Å². The number of hydrogen-bond donors (Lipinski definition) is 1. The fourth-order valence-corrected chi connectivity index (χ4v) is 5.41. The first-order valence-corrected chi connectivity index (χ1v) is 9.74. The van der Waals surface area contributed by atoms with E-state index in [1.54, 1.807) is 17.8 Å². The van der Waals surface area contributed by atoms with E-state index in [4.69, 9.17) is 11.6 Å². The number of aromatic hydroxyl groups is 1. The predicted molar refractivity (Wildman–Crippen MR) is 89.2 cm³/mol. The molecule has 2 aromatic rings. The predicted octanol–water partition coefficient (Wildman–Crippen LogP) is 2.64. The lowest BCUT2D eigenvalue weighted by molar-refractivity contribution is 0.429. The summed E-state index contributed by atoms with van der Waals surface area (Å²) in [4.78, 5) is 4.06. The molecule has 0 bridgehead atoms. The molecule has 1 aliphatic heterocycles. The van der Waals surface area contributed by atoms with Gasteiger partial charge in [0.1, 0.15) is 10.6 Å². The summed E-state index contributed by atoms with van der Waals surface area (Å²) in [6.07, 6.45) is 1.23. The Labute approximate surface area is 138 Å². The number of benzene rings is 1. The van der Waals surface area contributed by atoms with Crippen LogP contribution in [0.25, 0.3) is 10.9 Å². The first-order chi connectivity index (χ1) is 10.4. The Hall–Kier alpha value is -1.02. The van der Waals surface area contributed by atoms with E-state index in [9.17, 15) is 13.5 Å². The Morgan fingerprint density at radius 1 is 1.32 bits per heavy atom. The molecule has 0 radical (unpaired) electrons. The van der Waals surface area contributed by atoms with Crippen LogP contribution in [0.4, 0.5) is 0 Å². The van der Waals surface area contributed by atoms with Crippen LogP contribution < -0.4 is 0 Å². The van der Waals surface area contributed by atoms with E-state index in [-0.39, 0.29) is 10.6 Å². The van der Waals surface area contributed by atoms with Crippen LogP contribution in [0, 0.1) is 6.92 Å². The Morgan fingerprint density at radius 3 is 2.68 bits per heavy atom. The van der Waals surface area contributed by atoms with Crippen molar-refractivity contribution < 1.29 is 13.5 Å². The molecule has 5 nitrogen and oxygen atoms in total. The molecule has 3 rings (SSSR count). The zero-order chi connectivity index (χ0) is 15.9. The lowest BCUT2D eigenvalue weighted by Gasteiger charge is -2.26. The number of nitrogens with zero attached hydrogens (tertiary/aromatic N) is 2. The van der Waals surface area contributed by atoms with Gasteiger partial charge in [0.15, 0.2) is 0 Å². The molecule has 0 spiro atoms. The first-order valence-electron chi connectivity index (χ1n) is 6.77. The second-order valence-corrected chi connectivity index (χ2v) is 8.67. The van der Waals surface area contributed by atoms with Crippen LogP contribution in [0.1, 0.15) is 5.56 Å². The molecule has 1 N–H and O–H groups in total. The topological polar surface area (TPSA) is 70.5 Å². The van der Waals surface area contributed by atoms with Crippen LogP contribution in [0.15, 0.2) is 23.2 Å². The lowest BCUT2D eigenvalue weighted by atomic mass is 10.1. The van der Waals surface area contributed by atoms with Crippen LogP contribution in [-0.4, -0.2) is 47.4 Å². The van der Waals surface area contributed by atoms with Gasteiger partial charge in [0.25, 0.3) is 0 Å². The first kappa shape index (κ1) is 15.9. The molecule has 8 heteroatoms. The third-order valence-corrected chi connectivity index (χ3v) is 6.71. The minimum atomic E-state index is -3.75. The van der Waals surface area contributed by atoms with E-state index in [2.05, 4.69) is 4.98 Å². The summed E-state index contributed by atoms with van der Waals surface area (Å²) < 4.78 is 26.8. The monoisotopic (exact) mass is 358 g/mol. The van der Waals surface area contributed by atoms with Crippen LogP contribution >= 0.6 is 23.4 Å². The minimum Gasteiger partial charge on any atom is -0.506 e. The average molecular weight is 359 g/mol. The smallest absolute Gasteiger partial charge is 0.248 e. The van der Waals surface area contributed by atoms with Crippen LogP contribution in [0.5, 0.6) is 5.75 Å². The highest BCUT2D eigenvalue weighted by Gasteiger charge is 2.30. The van der Waals surface area contributed by atoms with Gasteiger partial charge in [-0.3, -0.25) is 4.98 Å². The number of pyridine rings is 1. The fraction of sp³-hybridized carbons (Fsp3) is 0.357. The largest absolute Gasteiger partial charge is 0.506 e. The normalized spacial score (nSPS) is 17.0. The van der Waals surface area contributed by atoms with Crippen molar-refractivity contribution in [2.75, 3.05) is 24.6 Å². The zero-order valence-corrected chi connectivity index (χ0v) is 14.3. The molecule has 0 unspecified atom stereocenters. The van der Waals surface area contributed by atoms with E-state index < -0.39 is 10.0 Å². The summed E-state index contributed by atoms with van der Waals surface area (Å²) in [6.45, 7) is 2.70. The molecule has 0 amide bonds. The van der Waals surface area contributed by atoms with E-state index >= 15 is 0 Å². The number of rotatable bonds is 2. The van der Waals surface area contributed by atoms with Crippen molar-refractivity contribution in [2.24, 2.45) is 0 Å². The van der Waals surface area contributed by atoms with E-state index in [0.717, 1.165) is 17.1 Å². The standard InChI is InChI=1S/C14H15ClN2O3S2/c1-9-6-10(15)7-11-13(9)16-8-12(14(11)18)22(19,20)17-2-4-21-5-3-17/h6-8H,2-5H2,1H3,(H,16,18). The van der Waals surface area contributed by atoms with Gasteiger partial charge in [-0.05, 0) is 24.6 Å². The van der Waals surface area contributed by atoms with Gasteiger partial charge in [-0.15, -0.1) is 0 Å². The number of aromatic nitrogens is 1. The molecule has 1 fully saturated rings. The minimum absolute atomic E-state index is 0.159. The molecule has 0 saturated carbocycles. The SMILES string of the molecule is Cc1cc(Cl)cc2c(O)c(S(=O)(=O)N3CCSCC3)cnc12. The highest BCUT2D eigenvalue weighted by atomic mass is 35.5. The van der Waals surface area contributed by atoms with Gasteiger partial charge in [-0.2, -0.15) is 16.1 Å². The highest BCUT2D eigenvalue weighted by molar-refractivity contribution is 7.99. The van der Waals surface area contributed by atoms with Gasteiger partial charge in [0, 0.05) is 35.0 Å². The van der Waals surface area contributed by atoms with Crippen LogP contribution in [0.2, 0.25) is 5.02 Å². The number of sulfonamides is 1. The maximum absolute atomic E-state index is 12.7. The molecule has 0 atom stereocenters. The average Bonchev–Trinajstić information content (AvgIpc) is 2.49.